The molecule has 1 heterocycles. The minimum atomic E-state index is -0.275. The van der Waals surface area contributed by atoms with Gasteiger partial charge >= 0.3 is 0 Å². The van der Waals surface area contributed by atoms with E-state index < -0.39 is 0 Å². The topological polar surface area (TPSA) is 108 Å². The van der Waals surface area contributed by atoms with Gasteiger partial charge in [-0.1, -0.05) is 30.3 Å². The Morgan fingerprint density at radius 2 is 1.94 bits per heavy atom. The first kappa shape index (κ1) is 22.3. The Labute approximate surface area is 196 Å². The van der Waals surface area contributed by atoms with Crippen molar-refractivity contribution in [3.63, 3.8) is 0 Å². The number of anilines is 5. The molecule has 4 N–H and O–H groups in total. The van der Waals surface area contributed by atoms with Gasteiger partial charge in [0.1, 0.15) is 5.02 Å². The Kier molecular flexibility index (Phi) is 6.55. The third-order valence-corrected chi connectivity index (χ3v) is 5.59. The second kappa shape index (κ2) is 9.70. The second-order valence-corrected chi connectivity index (χ2v) is 7.88. The molecule has 33 heavy (non-hydrogen) atoms. The molecule has 0 bridgehead atoms. The normalized spacial score (nSPS) is 11.9. The number of amides is 2. The number of hydrogen-bond donors (Lipinski definition) is 4. The van der Waals surface area contributed by atoms with Crippen LogP contribution in [0.3, 0.4) is 0 Å². The summed E-state index contributed by atoms with van der Waals surface area (Å²) in [5, 5.41) is 12.1. The van der Waals surface area contributed by atoms with Gasteiger partial charge < -0.3 is 21.3 Å². The molecule has 1 aliphatic carbocycles. The molecule has 3 aromatic rings. The number of fused-ring (bicyclic) bond motifs is 1. The molecule has 0 radical (unpaired) electrons. The standard InChI is InChI=1S/C24H23ClN6O2/c1-3-21(32)28-15-11-14-7-6-9-16(14)20(12-15)30-24-27-13-18(25)22(31-24)29-19-10-5-4-8-17(19)23(33)26-2/h3-5,8,10-13H,1,6-7,9H2,2H3,(H,26,33)(H,28,32)(H2,27,29,30,31). The summed E-state index contributed by atoms with van der Waals surface area (Å²) in [6.45, 7) is 3.50. The fourth-order valence-corrected chi connectivity index (χ4v) is 3.91. The van der Waals surface area contributed by atoms with Crippen molar-refractivity contribution in [2.45, 2.75) is 19.3 Å². The Morgan fingerprint density at radius 3 is 2.73 bits per heavy atom. The Bertz CT molecular complexity index is 1240. The van der Waals surface area contributed by atoms with E-state index >= 15 is 0 Å². The van der Waals surface area contributed by atoms with Crippen LogP contribution in [-0.4, -0.2) is 28.8 Å². The van der Waals surface area contributed by atoms with Crippen LogP contribution in [0.1, 0.15) is 27.9 Å². The minimum absolute atomic E-state index is 0.226. The molecular weight excluding hydrogens is 440 g/mol. The molecule has 0 spiro atoms. The van der Waals surface area contributed by atoms with E-state index in [2.05, 4.69) is 37.8 Å². The van der Waals surface area contributed by atoms with Crippen LogP contribution in [0, 0.1) is 0 Å². The first-order chi connectivity index (χ1) is 16.0. The lowest BCUT2D eigenvalue weighted by molar-refractivity contribution is -0.111. The molecule has 168 valence electrons. The highest BCUT2D eigenvalue weighted by molar-refractivity contribution is 6.33. The zero-order valence-corrected chi connectivity index (χ0v) is 18.8. The van der Waals surface area contributed by atoms with Crippen LogP contribution >= 0.6 is 11.6 Å². The van der Waals surface area contributed by atoms with Crippen molar-refractivity contribution >= 4 is 52.2 Å². The minimum Gasteiger partial charge on any atom is -0.355 e. The van der Waals surface area contributed by atoms with Crippen LogP contribution in [0.2, 0.25) is 5.02 Å². The van der Waals surface area contributed by atoms with Crippen molar-refractivity contribution in [1.29, 1.82) is 0 Å². The smallest absolute Gasteiger partial charge is 0.253 e. The number of para-hydroxylation sites is 1. The summed E-state index contributed by atoms with van der Waals surface area (Å²) in [6.07, 6.45) is 5.62. The van der Waals surface area contributed by atoms with E-state index in [1.54, 1.807) is 25.2 Å². The van der Waals surface area contributed by atoms with Crippen molar-refractivity contribution in [2.24, 2.45) is 0 Å². The maximum atomic E-state index is 12.2. The van der Waals surface area contributed by atoms with Gasteiger partial charge in [-0.05, 0) is 60.7 Å². The lowest BCUT2D eigenvalue weighted by Crippen LogP contribution is -2.19. The second-order valence-electron chi connectivity index (χ2n) is 7.47. The number of nitrogens with zero attached hydrogens (tertiary/aromatic N) is 2. The molecule has 2 amide bonds. The van der Waals surface area contributed by atoms with Crippen LogP contribution in [0.25, 0.3) is 0 Å². The first-order valence-electron chi connectivity index (χ1n) is 10.5. The van der Waals surface area contributed by atoms with Crippen molar-refractivity contribution in [3.8, 4) is 0 Å². The van der Waals surface area contributed by atoms with Crippen molar-refractivity contribution < 1.29 is 9.59 Å². The number of carbonyl (C=O) groups is 2. The predicted octanol–water partition coefficient (Wildman–Crippen LogP) is 4.59. The lowest BCUT2D eigenvalue weighted by atomic mass is 10.1. The van der Waals surface area contributed by atoms with Crippen molar-refractivity contribution in [1.82, 2.24) is 15.3 Å². The average Bonchev–Trinajstić information content (AvgIpc) is 3.30. The third kappa shape index (κ3) is 4.96. The number of carbonyl (C=O) groups excluding carboxylic acids is 2. The highest BCUT2D eigenvalue weighted by Gasteiger charge is 2.18. The molecule has 0 unspecified atom stereocenters. The summed E-state index contributed by atoms with van der Waals surface area (Å²) in [5.41, 5.74) is 4.88. The number of rotatable bonds is 7. The molecule has 0 aliphatic heterocycles. The number of nitrogens with one attached hydrogen (secondary N) is 4. The van der Waals surface area contributed by atoms with Gasteiger partial charge in [0.25, 0.3) is 5.91 Å². The van der Waals surface area contributed by atoms with E-state index in [1.807, 2.05) is 18.2 Å². The molecule has 0 atom stereocenters. The summed E-state index contributed by atoms with van der Waals surface area (Å²) in [5.74, 6) is 0.192. The Balaban J connectivity index is 1.64. The van der Waals surface area contributed by atoms with E-state index in [9.17, 15) is 9.59 Å². The van der Waals surface area contributed by atoms with Gasteiger partial charge in [0, 0.05) is 18.4 Å². The van der Waals surface area contributed by atoms with Gasteiger partial charge in [-0.15, -0.1) is 0 Å². The molecular formula is C24H23ClN6O2. The number of aromatic nitrogens is 2. The van der Waals surface area contributed by atoms with E-state index in [0.717, 1.165) is 24.9 Å². The van der Waals surface area contributed by atoms with E-state index in [0.29, 0.717) is 33.7 Å². The first-order valence-corrected chi connectivity index (χ1v) is 10.8. The Morgan fingerprint density at radius 1 is 1.12 bits per heavy atom. The molecule has 1 aliphatic rings. The fourth-order valence-electron chi connectivity index (χ4n) is 3.77. The number of aryl methyl sites for hydroxylation is 1. The van der Waals surface area contributed by atoms with E-state index in [4.69, 9.17) is 11.6 Å². The molecule has 4 rings (SSSR count). The number of hydrogen-bond acceptors (Lipinski definition) is 6. The van der Waals surface area contributed by atoms with E-state index in [1.165, 1.54) is 23.4 Å². The maximum Gasteiger partial charge on any atom is 0.253 e. The summed E-state index contributed by atoms with van der Waals surface area (Å²) in [4.78, 5) is 32.8. The van der Waals surface area contributed by atoms with Gasteiger partial charge in [-0.2, -0.15) is 4.98 Å². The molecule has 1 aromatic heterocycles. The molecule has 0 saturated carbocycles. The van der Waals surface area contributed by atoms with Crippen LogP contribution in [0.4, 0.5) is 28.8 Å². The van der Waals surface area contributed by atoms with Crippen LogP contribution in [0.5, 0.6) is 0 Å². The van der Waals surface area contributed by atoms with Gasteiger partial charge in [-0.3, -0.25) is 9.59 Å². The molecule has 0 fully saturated rings. The fraction of sp³-hybridized carbons (Fsp3) is 0.167. The summed E-state index contributed by atoms with van der Waals surface area (Å²) in [6, 6.07) is 10.9. The van der Waals surface area contributed by atoms with Gasteiger partial charge in [0.2, 0.25) is 11.9 Å². The van der Waals surface area contributed by atoms with Crippen LogP contribution < -0.4 is 21.3 Å². The monoisotopic (exact) mass is 462 g/mol. The molecule has 2 aromatic carbocycles. The van der Waals surface area contributed by atoms with Crippen LogP contribution in [0.15, 0.2) is 55.3 Å². The highest BCUT2D eigenvalue weighted by atomic mass is 35.5. The maximum absolute atomic E-state index is 12.2. The Hall–Kier alpha value is -3.91. The average molecular weight is 463 g/mol. The largest absolute Gasteiger partial charge is 0.355 e. The van der Waals surface area contributed by atoms with Gasteiger partial charge in [0.05, 0.1) is 17.4 Å². The SMILES string of the molecule is C=CC(=O)Nc1cc2c(c(Nc3ncc(Cl)c(Nc4ccccc4C(=O)NC)n3)c1)CCC2. The molecule has 8 nitrogen and oxygen atoms in total. The highest BCUT2D eigenvalue weighted by Crippen LogP contribution is 2.34. The van der Waals surface area contributed by atoms with Gasteiger partial charge in [0.15, 0.2) is 5.82 Å². The van der Waals surface area contributed by atoms with E-state index in [-0.39, 0.29) is 11.8 Å². The zero-order chi connectivity index (χ0) is 23.4. The third-order valence-electron chi connectivity index (χ3n) is 5.31. The summed E-state index contributed by atoms with van der Waals surface area (Å²) >= 11 is 6.33. The predicted molar refractivity (Wildman–Crippen MR) is 131 cm³/mol. The number of halogens is 1. The zero-order valence-electron chi connectivity index (χ0n) is 18.0. The van der Waals surface area contributed by atoms with Crippen molar-refractivity contribution in [3.05, 3.63) is 77.0 Å². The quantitative estimate of drug-likeness (QED) is 0.382. The number of benzene rings is 2. The lowest BCUT2D eigenvalue weighted by Gasteiger charge is -2.15. The molecule has 9 heteroatoms. The molecule has 0 saturated heterocycles. The summed E-state index contributed by atoms with van der Waals surface area (Å²) < 4.78 is 0. The van der Waals surface area contributed by atoms with Gasteiger partial charge in [-0.25, -0.2) is 4.98 Å². The van der Waals surface area contributed by atoms with Crippen LogP contribution in [-0.2, 0) is 17.6 Å². The summed E-state index contributed by atoms with van der Waals surface area (Å²) in [7, 11) is 1.57. The van der Waals surface area contributed by atoms with Crippen molar-refractivity contribution in [2.75, 3.05) is 23.0 Å².